The van der Waals surface area contributed by atoms with E-state index in [0.717, 1.165) is 26.5 Å². The lowest BCUT2D eigenvalue weighted by atomic mass is 10.1. The summed E-state index contributed by atoms with van der Waals surface area (Å²) >= 11 is 4.98. The van der Waals surface area contributed by atoms with Crippen molar-refractivity contribution in [1.82, 2.24) is 4.98 Å². The Hall–Kier alpha value is -2.18. The summed E-state index contributed by atoms with van der Waals surface area (Å²) in [6.07, 6.45) is 1.73. The molecule has 0 aliphatic heterocycles. The van der Waals surface area contributed by atoms with Crippen LogP contribution in [0.1, 0.15) is 15.9 Å². The number of amides is 1. The lowest BCUT2D eigenvalue weighted by molar-refractivity contribution is 0.102. The van der Waals surface area contributed by atoms with Crippen molar-refractivity contribution < 1.29 is 4.79 Å². The zero-order chi connectivity index (χ0) is 16.2. The van der Waals surface area contributed by atoms with Crippen molar-refractivity contribution in [3.8, 4) is 0 Å². The van der Waals surface area contributed by atoms with Crippen LogP contribution in [-0.4, -0.2) is 10.9 Å². The molecular weight excluding hydrogens is 374 g/mol. The molecule has 0 unspecified atom stereocenters. The minimum absolute atomic E-state index is 0.155. The Bertz CT molecular complexity index is 834. The molecule has 23 heavy (non-hydrogen) atoms. The highest BCUT2D eigenvalue weighted by atomic mass is 79.9. The fraction of sp³-hybridized carbons (Fsp3) is 0.0588. The molecule has 2 aromatic carbocycles. The van der Waals surface area contributed by atoms with E-state index in [1.165, 1.54) is 11.3 Å². The van der Waals surface area contributed by atoms with Gasteiger partial charge in [0.15, 0.2) is 5.13 Å². The van der Waals surface area contributed by atoms with Crippen molar-refractivity contribution >= 4 is 49.7 Å². The molecule has 4 nitrogen and oxygen atoms in total. The smallest absolute Gasteiger partial charge is 0.255 e. The van der Waals surface area contributed by atoms with Crippen molar-refractivity contribution in [3.05, 3.63) is 69.6 Å². The standard InChI is InChI=1S/C17H14BrN3OS/c1-11-5-6-15(14(18)9-11)21-16(22)12-3-2-4-13(10-12)20-17-19-7-8-23-17/h2-10H,1H3,(H,19,20)(H,21,22). The highest BCUT2D eigenvalue weighted by Gasteiger charge is 2.09. The monoisotopic (exact) mass is 387 g/mol. The fourth-order valence-electron chi connectivity index (χ4n) is 2.06. The van der Waals surface area contributed by atoms with E-state index in [-0.39, 0.29) is 5.91 Å². The molecule has 0 aliphatic rings. The molecule has 0 saturated heterocycles. The Morgan fingerprint density at radius 1 is 1.22 bits per heavy atom. The van der Waals surface area contributed by atoms with Crippen LogP contribution in [0, 0.1) is 6.92 Å². The predicted octanol–water partition coefficient (Wildman–Crippen LogP) is 5.21. The molecule has 1 amide bonds. The molecule has 0 radical (unpaired) electrons. The third-order valence-corrected chi connectivity index (χ3v) is 4.53. The number of halogens is 1. The number of rotatable bonds is 4. The Labute approximate surface area is 146 Å². The summed E-state index contributed by atoms with van der Waals surface area (Å²) in [6, 6.07) is 13.1. The molecule has 0 spiro atoms. The molecule has 0 fully saturated rings. The maximum absolute atomic E-state index is 12.4. The van der Waals surface area contributed by atoms with Gasteiger partial charge in [0.2, 0.25) is 0 Å². The summed E-state index contributed by atoms with van der Waals surface area (Å²) in [4.78, 5) is 16.6. The number of anilines is 3. The third kappa shape index (κ3) is 3.97. The number of carbonyl (C=O) groups excluding carboxylic acids is 1. The van der Waals surface area contributed by atoms with Gasteiger partial charge in [-0.15, -0.1) is 11.3 Å². The molecule has 116 valence electrons. The van der Waals surface area contributed by atoms with Crippen molar-refractivity contribution in [2.24, 2.45) is 0 Å². The summed E-state index contributed by atoms with van der Waals surface area (Å²) in [6.45, 7) is 2.00. The van der Waals surface area contributed by atoms with Gasteiger partial charge in [0.1, 0.15) is 0 Å². The largest absolute Gasteiger partial charge is 0.332 e. The first kappa shape index (κ1) is 15.7. The van der Waals surface area contributed by atoms with Crippen LogP contribution in [0.4, 0.5) is 16.5 Å². The van der Waals surface area contributed by atoms with Crippen LogP contribution in [0.2, 0.25) is 0 Å². The first-order valence-electron chi connectivity index (χ1n) is 6.96. The maximum atomic E-state index is 12.4. The Morgan fingerprint density at radius 3 is 2.83 bits per heavy atom. The number of aryl methyl sites for hydroxylation is 1. The van der Waals surface area contributed by atoms with Gasteiger partial charge in [-0.2, -0.15) is 0 Å². The van der Waals surface area contributed by atoms with Gasteiger partial charge in [-0.3, -0.25) is 4.79 Å². The van der Waals surface area contributed by atoms with Crippen LogP contribution in [0.5, 0.6) is 0 Å². The molecule has 3 aromatic rings. The van der Waals surface area contributed by atoms with Crippen LogP contribution in [0.3, 0.4) is 0 Å². The highest BCUT2D eigenvalue weighted by Crippen LogP contribution is 2.25. The summed E-state index contributed by atoms with van der Waals surface area (Å²) in [7, 11) is 0. The SMILES string of the molecule is Cc1ccc(NC(=O)c2cccc(Nc3nccs3)c2)c(Br)c1. The average Bonchev–Trinajstić information content (AvgIpc) is 3.03. The van der Waals surface area contributed by atoms with Gasteiger partial charge in [0.05, 0.1) is 5.69 Å². The lowest BCUT2D eigenvalue weighted by Gasteiger charge is -2.09. The van der Waals surface area contributed by atoms with Gasteiger partial charge in [0, 0.05) is 27.3 Å². The first-order chi connectivity index (χ1) is 11.1. The molecule has 2 N–H and O–H groups in total. The molecule has 3 rings (SSSR count). The van der Waals surface area contributed by atoms with E-state index in [1.807, 2.05) is 42.6 Å². The molecular formula is C17H14BrN3OS. The second kappa shape index (κ2) is 6.93. The molecule has 1 aromatic heterocycles. The Kier molecular flexibility index (Phi) is 4.73. The number of nitrogens with one attached hydrogen (secondary N) is 2. The lowest BCUT2D eigenvalue weighted by Crippen LogP contribution is -2.12. The van der Waals surface area contributed by atoms with Crippen molar-refractivity contribution in [2.75, 3.05) is 10.6 Å². The van der Waals surface area contributed by atoms with Crippen molar-refractivity contribution in [2.45, 2.75) is 6.92 Å². The van der Waals surface area contributed by atoms with Crippen LogP contribution in [0.25, 0.3) is 0 Å². The number of aromatic nitrogens is 1. The zero-order valence-corrected chi connectivity index (χ0v) is 14.7. The van der Waals surface area contributed by atoms with Gasteiger partial charge in [0.25, 0.3) is 5.91 Å². The van der Waals surface area contributed by atoms with E-state index in [9.17, 15) is 4.79 Å². The number of thiazole rings is 1. The molecule has 1 heterocycles. The zero-order valence-electron chi connectivity index (χ0n) is 12.3. The number of carbonyl (C=O) groups is 1. The van der Waals surface area contributed by atoms with Gasteiger partial charge in [-0.25, -0.2) is 4.98 Å². The number of nitrogens with zero attached hydrogens (tertiary/aromatic N) is 1. The van der Waals surface area contributed by atoms with Crippen LogP contribution in [0.15, 0.2) is 58.5 Å². The number of benzene rings is 2. The van der Waals surface area contributed by atoms with Gasteiger partial charge >= 0.3 is 0 Å². The van der Waals surface area contributed by atoms with Crippen LogP contribution >= 0.6 is 27.3 Å². The van der Waals surface area contributed by atoms with Gasteiger partial charge < -0.3 is 10.6 Å². The van der Waals surface area contributed by atoms with Gasteiger partial charge in [-0.05, 0) is 58.7 Å². The molecule has 0 atom stereocenters. The number of hydrogen-bond acceptors (Lipinski definition) is 4. The molecule has 6 heteroatoms. The van der Waals surface area contributed by atoms with Gasteiger partial charge in [-0.1, -0.05) is 12.1 Å². The summed E-state index contributed by atoms with van der Waals surface area (Å²) in [5.74, 6) is -0.155. The first-order valence-corrected chi connectivity index (χ1v) is 8.63. The van der Waals surface area contributed by atoms with E-state index in [0.29, 0.717) is 5.56 Å². The van der Waals surface area contributed by atoms with E-state index in [2.05, 4.69) is 31.5 Å². The summed E-state index contributed by atoms with van der Waals surface area (Å²) in [5.41, 5.74) is 3.29. The van der Waals surface area contributed by atoms with E-state index in [4.69, 9.17) is 0 Å². The Morgan fingerprint density at radius 2 is 2.09 bits per heavy atom. The normalized spacial score (nSPS) is 10.3. The summed E-state index contributed by atoms with van der Waals surface area (Å²) < 4.78 is 0.864. The topological polar surface area (TPSA) is 54.0 Å². The number of hydrogen-bond donors (Lipinski definition) is 2. The highest BCUT2D eigenvalue weighted by molar-refractivity contribution is 9.10. The van der Waals surface area contributed by atoms with Crippen molar-refractivity contribution in [1.29, 1.82) is 0 Å². The molecule has 0 aliphatic carbocycles. The third-order valence-electron chi connectivity index (χ3n) is 3.18. The van der Waals surface area contributed by atoms with E-state index in [1.54, 1.807) is 18.3 Å². The average molecular weight is 388 g/mol. The van der Waals surface area contributed by atoms with E-state index >= 15 is 0 Å². The predicted molar refractivity (Wildman–Crippen MR) is 98.7 cm³/mol. The Balaban J connectivity index is 1.77. The maximum Gasteiger partial charge on any atom is 0.255 e. The second-order valence-electron chi connectivity index (χ2n) is 4.98. The molecule has 0 bridgehead atoms. The molecule has 0 saturated carbocycles. The van der Waals surface area contributed by atoms with Crippen LogP contribution < -0.4 is 10.6 Å². The minimum atomic E-state index is -0.155. The second-order valence-corrected chi connectivity index (χ2v) is 6.73. The van der Waals surface area contributed by atoms with E-state index < -0.39 is 0 Å². The quantitative estimate of drug-likeness (QED) is 0.645. The summed E-state index contributed by atoms with van der Waals surface area (Å²) in [5, 5.41) is 8.79. The fourth-order valence-corrected chi connectivity index (χ4v) is 3.20. The minimum Gasteiger partial charge on any atom is -0.332 e. The van der Waals surface area contributed by atoms with Crippen molar-refractivity contribution in [3.63, 3.8) is 0 Å². The van der Waals surface area contributed by atoms with Crippen LogP contribution in [-0.2, 0) is 0 Å².